The summed E-state index contributed by atoms with van der Waals surface area (Å²) in [5.41, 5.74) is 2.20. The van der Waals surface area contributed by atoms with Crippen LogP contribution < -0.4 is 10.1 Å². The summed E-state index contributed by atoms with van der Waals surface area (Å²) >= 11 is 1.63. The van der Waals surface area contributed by atoms with Crippen molar-refractivity contribution in [2.75, 3.05) is 32.5 Å². The lowest BCUT2D eigenvalue weighted by Gasteiger charge is -2.37. The summed E-state index contributed by atoms with van der Waals surface area (Å²) in [6, 6.07) is 11.9. The van der Waals surface area contributed by atoms with E-state index in [1.165, 1.54) is 0 Å². The Hall–Kier alpha value is -1.47. The fraction of sp³-hybridized carbons (Fsp3) is 0.368. The number of aromatic nitrogens is 1. The third-order valence-corrected chi connectivity index (χ3v) is 5.27. The predicted octanol–water partition coefficient (Wildman–Crippen LogP) is 3.34. The Morgan fingerprint density at radius 3 is 2.85 bits per heavy atom. The molecule has 0 bridgehead atoms. The van der Waals surface area contributed by atoms with Crippen molar-refractivity contribution in [1.29, 1.82) is 0 Å². The molecule has 0 spiro atoms. The lowest BCUT2D eigenvalue weighted by molar-refractivity contribution is -0.131. The molecular formula is C19H25Cl2N3O2S. The van der Waals surface area contributed by atoms with E-state index < -0.39 is 0 Å². The molecular weight excluding hydrogens is 405 g/mol. The third-order valence-electron chi connectivity index (χ3n) is 4.28. The number of nitrogens with zero attached hydrogens (tertiary/aromatic N) is 2. The molecule has 0 aliphatic carbocycles. The molecule has 2 aromatic rings. The monoisotopic (exact) mass is 429 g/mol. The molecule has 1 N–H and O–H groups in total. The van der Waals surface area contributed by atoms with Gasteiger partial charge >= 0.3 is 0 Å². The molecule has 1 saturated heterocycles. The van der Waals surface area contributed by atoms with Crippen LogP contribution in [-0.4, -0.2) is 48.3 Å². The van der Waals surface area contributed by atoms with Crippen molar-refractivity contribution >= 4 is 42.5 Å². The summed E-state index contributed by atoms with van der Waals surface area (Å²) in [6.45, 7) is 2.29. The van der Waals surface area contributed by atoms with Crippen LogP contribution >= 0.6 is 36.6 Å². The van der Waals surface area contributed by atoms with Crippen LogP contribution in [0.2, 0.25) is 0 Å². The standard InChI is InChI=1S/C19H23N3O2S.2ClH/c1-24-18-7-3-2-6-16(18)17-12-21-9-10-22(17)19(23)14-25-13-15-5-4-8-20-11-15;;/h2-8,11,17,21H,9-10,12-14H2,1H3;2*1H. The summed E-state index contributed by atoms with van der Waals surface area (Å²) in [7, 11) is 1.67. The number of methoxy groups -OCH3 is 1. The van der Waals surface area contributed by atoms with Crippen LogP contribution in [0.15, 0.2) is 48.8 Å². The fourth-order valence-corrected chi connectivity index (χ4v) is 3.89. The zero-order chi connectivity index (χ0) is 17.5. The highest BCUT2D eigenvalue weighted by atomic mass is 35.5. The highest BCUT2D eigenvalue weighted by Crippen LogP contribution is 2.30. The predicted molar refractivity (Wildman–Crippen MR) is 115 cm³/mol. The van der Waals surface area contributed by atoms with E-state index in [4.69, 9.17) is 4.74 Å². The van der Waals surface area contributed by atoms with Crippen LogP contribution in [-0.2, 0) is 10.5 Å². The number of benzene rings is 1. The minimum Gasteiger partial charge on any atom is -0.496 e. The van der Waals surface area contributed by atoms with Crippen molar-refractivity contribution in [1.82, 2.24) is 15.2 Å². The second-order valence-corrected chi connectivity index (χ2v) is 6.89. The Bertz CT molecular complexity index is 706. The molecule has 148 valence electrons. The quantitative estimate of drug-likeness (QED) is 0.762. The van der Waals surface area contributed by atoms with Crippen molar-refractivity contribution in [2.45, 2.75) is 11.8 Å². The average molecular weight is 430 g/mol. The summed E-state index contributed by atoms with van der Waals surface area (Å²) in [6.07, 6.45) is 3.61. The van der Waals surface area contributed by atoms with Gasteiger partial charge in [0.25, 0.3) is 0 Å². The first kappa shape index (κ1) is 23.6. The number of carbonyl (C=O) groups excluding carboxylic acids is 1. The van der Waals surface area contributed by atoms with E-state index in [9.17, 15) is 4.79 Å². The normalized spacial score (nSPS) is 16.0. The van der Waals surface area contributed by atoms with E-state index in [1.807, 2.05) is 47.5 Å². The number of rotatable bonds is 6. The van der Waals surface area contributed by atoms with E-state index in [-0.39, 0.29) is 36.8 Å². The van der Waals surface area contributed by atoms with Crippen LogP contribution in [0, 0.1) is 0 Å². The molecule has 1 amide bonds. The van der Waals surface area contributed by atoms with Crippen molar-refractivity contribution < 1.29 is 9.53 Å². The maximum atomic E-state index is 12.8. The number of piperazine rings is 1. The number of amides is 1. The van der Waals surface area contributed by atoms with Gasteiger partial charge < -0.3 is 15.0 Å². The second kappa shape index (κ2) is 12.1. The number of ether oxygens (including phenoxy) is 1. The van der Waals surface area contributed by atoms with Gasteiger partial charge in [-0.15, -0.1) is 36.6 Å². The van der Waals surface area contributed by atoms with Gasteiger partial charge in [0.05, 0.1) is 18.9 Å². The number of halogens is 2. The van der Waals surface area contributed by atoms with Gasteiger partial charge in [-0.25, -0.2) is 0 Å². The number of para-hydroxylation sites is 1. The second-order valence-electron chi connectivity index (χ2n) is 5.90. The van der Waals surface area contributed by atoms with Gasteiger partial charge in [0.2, 0.25) is 5.91 Å². The van der Waals surface area contributed by atoms with Gasteiger partial charge in [0.15, 0.2) is 0 Å². The van der Waals surface area contributed by atoms with Gasteiger partial charge in [0, 0.05) is 43.3 Å². The Morgan fingerprint density at radius 2 is 2.11 bits per heavy atom. The number of thioether (sulfide) groups is 1. The molecule has 0 radical (unpaired) electrons. The van der Waals surface area contributed by atoms with Crippen LogP contribution in [0.25, 0.3) is 0 Å². The highest BCUT2D eigenvalue weighted by molar-refractivity contribution is 7.99. The molecule has 1 aliphatic rings. The Balaban J connectivity index is 0.00000182. The first-order valence-electron chi connectivity index (χ1n) is 8.39. The summed E-state index contributed by atoms with van der Waals surface area (Å²) in [5, 5.41) is 3.39. The van der Waals surface area contributed by atoms with E-state index in [0.29, 0.717) is 5.75 Å². The average Bonchev–Trinajstić information content (AvgIpc) is 2.68. The number of carbonyl (C=O) groups is 1. The van der Waals surface area contributed by atoms with Crippen LogP contribution in [0.3, 0.4) is 0 Å². The number of pyridine rings is 1. The van der Waals surface area contributed by atoms with Crippen molar-refractivity contribution in [3.63, 3.8) is 0 Å². The topological polar surface area (TPSA) is 54.5 Å². The van der Waals surface area contributed by atoms with E-state index in [2.05, 4.69) is 10.3 Å². The molecule has 3 rings (SSSR count). The molecule has 5 nitrogen and oxygen atoms in total. The molecule has 1 atom stereocenters. The summed E-state index contributed by atoms with van der Waals surface area (Å²) < 4.78 is 5.49. The molecule has 0 saturated carbocycles. The van der Waals surface area contributed by atoms with Gasteiger partial charge in [-0.05, 0) is 17.7 Å². The zero-order valence-electron chi connectivity index (χ0n) is 15.2. The van der Waals surface area contributed by atoms with Gasteiger partial charge in [0.1, 0.15) is 5.75 Å². The highest BCUT2D eigenvalue weighted by Gasteiger charge is 2.29. The maximum absolute atomic E-state index is 12.8. The summed E-state index contributed by atoms with van der Waals surface area (Å²) in [4.78, 5) is 18.9. The van der Waals surface area contributed by atoms with Crippen molar-refractivity contribution in [3.05, 3.63) is 59.9 Å². The Labute approximate surface area is 177 Å². The molecule has 27 heavy (non-hydrogen) atoms. The molecule has 1 aromatic carbocycles. The third kappa shape index (κ3) is 6.28. The molecule has 1 aliphatic heterocycles. The Kier molecular flexibility index (Phi) is 10.5. The largest absolute Gasteiger partial charge is 0.496 e. The lowest BCUT2D eigenvalue weighted by atomic mass is 10.0. The van der Waals surface area contributed by atoms with Crippen LogP contribution in [0.5, 0.6) is 5.75 Å². The van der Waals surface area contributed by atoms with Gasteiger partial charge in [-0.2, -0.15) is 0 Å². The van der Waals surface area contributed by atoms with Crippen molar-refractivity contribution in [2.24, 2.45) is 0 Å². The van der Waals surface area contributed by atoms with E-state index in [0.717, 1.165) is 42.3 Å². The number of hydrogen-bond donors (Lipinski definition) is 1. The molecule has 1 unspecified atom stereocenters. The number of hydrogen-bond acceptors (Lipinski definition) is 5. The smallest absolute Gasteiger partial charge is 0.233 e. The maximum Gasteiger partial charge on any atom is 0.233 e. The lowest BCUT2D eigenvalue weighted by Crippen LogP contribution is -2.49. The molecule has 2 heterocycles. The van der Waals surface area contributed by atoms with Crippen molar-refractivity contribution in [3.8, 4) is 5.75 Å². The molecule has 8 heteroatoms. The van der Waals surface area contributed by atoms with Crippen LogP contribution in [0.1, 0.15) is 17.2 Å². The molecule has 1 aromatic heterocycles. The first-order valence-corrected chi connectivity index (χ1v) is 9.55. The molecule has 1 fully saturated rings. The fourth-order valence-electron chi connectivity index (χ4n) is 3.05. The SMILES string of the molecule is COc1ccccc1C1CNCCN1C(=O)CSCc1cccnc1.Cl.Cl. The van der Waals surface area contributed by atoms with E-state index >= 15 is 0 Å². The van der Waals surface area contributed by atoms with Gasteiger partial charge in [-0.3, -0.25) is 9.78 Å². The van der Waals surface area contributed by atoms with Gasteiger partial charge in [-0.1, -0.05) is 24.3 Å². The first-order chi connectivity index (χ1) is 12.3. The minimum absolute atomic E-state index is 0. The number of nitrogens with one attached hydrogen (secondary N) is 1. The minimum atomic E-state index is 0. The Morgan fingerprint density at radius 1 is 1.30 bits per heavy atom. The van der Waals surface area contributed by atoms with Crippen LogP contribution in [0.4, 0.5) is 0 Å². The van der Waals surface area contributed by atoms with E-state index in [1.54, 1.807) is 25.1 Å². The summed E-state index contributed by atoms with van der Waals surface area (Å²) in [5.74, 6) is 2.27. The zero-order valence-corrected chi connectivity index (χ0v) is 17.6.